The Kier molecular flexibility index (Phi) is 6.82. The molecule has 3 aromatic rings. The standard InChI is InChI=1S/C23H25N2S.HI/c1-3-5-16-25-19(15-14-18-10-6-7-11-20(18)25)17-23-24(4-2)21-12-8-9-13-22(21)26-23;/h6-15,17H,3-5,16H2,1-2H3;1H/q+1;/p-1. The molecule has 4 heteroatoms. The van der Waals surface area contributed by atoms with Crippen molar-refractivity contribution in [2.45, 2.75) is 38.1 Å². The Morgan fingerprint density at radius 1 is 0.963 bits per heavy atom. The number of para-hydroxylation sites is 2. The molecule has 0 atom stereocenters. The summed E-state index contributed by atoms with van der Waals surface area (Å²) in [5.74, 6) is 0. The van der Waals surface area contributed by atoms with Crippen molar-refractivity contribution in [1.29, 1.82) is 0 Å². The maximum absolute atomic E-state index is 2.48. The first kappa shape index (κ1) is 20.2. The van der Waals surface area contributed by atoms with Gasteiger partial charge in [0.05, 0.1) is 10.7 Å². The highest BCUT2D eigenvalue weighted by atomic mass is 127. The number of pyridine rings is 1. The third-order valence-electron chi connectivity index (χ3n) is 4.93. The first-order valence-electron chi connectivity index (χ1n) is 9.49. The molecule has 0 bridgehead atoms. The molecule has 1 aliphatic heterocycles. The molecular weight excluding hydrogens is 463 g/mol. The van der Waals surface area contributed by atoms with Crippen molar-refractivity contribution in [3.8, 4) is 0 Å². The summed E-state index contributed by atoms with van der Waals surface area (Å²) in [6.07, 6.45) is 4.75. The number of thioether (sulfide) groups is 1. The fraction of sp³-hybridized carbons (Fsp3) is 0.261. The smallest absolute Gasteiger partial charge is 0.212 e. The van der Waals surface area contributed by atoms with Crippen molar-refractivity contribution in [1.82, 2.24) is 0 Å². The first-order chi connectivity index (χ1) is 12.8. The van der Waals surface area contributed by atoms with Crippen LogP contribution < -0.4 is 33.4 Å². The number of benzene rings is 2. The summed E-state index contributed by atoms with van der Waals surface area (Å²) in [6.45, 7) is 6.52. The molecule has 0 amide bonds. The third kappa shape index (κ3) is 4.02. The highest BCUT2D eigenvalue weighted by molar-refractivity contribution is 8.03. The maximum Gasteiger partial charge on any atom is 0.212 e. The van der Waals surface area contributed by atoms with Crippen LogP contribution >= 0.6 is 11.8 Å². The Morgan fingerprint density at radius 3 is 2.56 bits per heavy atom. The number of hydrogen-bond donors (Lipinski definition) is 0. The minimum Gasteiger partial charge on any atom is -1.00 e. The number of nitrogens with zero attached hydrogens (tertiary/aromatic N) is 2. The molecule has 0 spiro atoms. The molecule has 0 saturated heterocycles. The lowest BCUT2D eigenvalue weighted by molar-refractivity contribution is -0.673. The summed E-state index contributed by atoms with van der Waals surface area (Å²) < 4.78 is 2.48. The monoisotopic (exact) mass is 488 g/mol. The van der Waals surface area contributed by atoms with Crippen molar-refractivity contribution in [2.24, 2.45) is 0 Å². The molecule has 0 N–H and O–H groups in total. The second-order valence-electron chi connectivity index (χ2n) is 6.62. The Balaban J connectivity index is 0.00000210. The molecule has 2 heterocycles. The zero-order chi connectivity index (χ0) is 17.9. The van der Waals surface area contributed by atoms with E-state index in [-0.39, 0.29) is 24.0 Å². The van der Waals surface area contributed by atoms with Gasteiger partial charge in [-0.1, -0.05) is 49.4 Å². The number of anilines is 1. The van der Waals surface area contributed by atoms with Gasteiger partial charge in [-0.25, -0.2) is 0 Å². The van der Waals surface area contributed by atoms with Gasteiger partial charge in [-0.2, -0.15) is 4.57 Å². The van der Waals surface area contributed by atoms with E-state index in [1.54, 1.807) is 0 Å². The molecule has 0 aliphatic carbocycles. The molecule has 0 fully saturated rings. The molecule has 2 nitrogen and oxygen atoms in total. The molecule has 4 rings (SSSR count). The molecule has 27 heavy (non-hydrogen) atoms. The van der Waals surface area contributed by atoms with Gasteiger partial charge in [-0.05, 0) is 31.2 Å². The summed E-state index contributed by atoms with van der Waals surface area (Å²) in [5, 5.41) is 2.62. The highest BCUT2D eigenvalue weighted by Gasteiger charge is 2.25. The van der Waals surface area contributed by atoms with Crippen LogP contribution in [0.25, 0.3) is 17.0 Å². The van der Waals surface area contributed by atoms with Gasteiger partial charge >= 0.3 is 0 Å². The number of rotatable bonds is 5. The van der Waals surface area contributed by atoms with Gasteiger partial charge in [0.25, 0.3) is 0 Å². The van der Waals surface area contributed by atoms with Crippen LogP contribution in [-0.2, 0) is 6.54 Å². The lowest BCUT2D eigenvalue weighted by Gasteiger charge is -2.17. The number of aryl methyl sites for hydroxylation is 1. The van der Waals surface area contributed by atoms with Crippen LogP contribution in [0.3, 0.4) is 0 Å². The SMILES string of the molecule is CCCC[n+]1c(/C=C2/Sc3ccccc3N2CC)ccc2ccccc21.[I-]. The quantitative estimate of drug-likeness (QED) is 0.403. The van der Waals surface area contributed by atoms with Crippen LogP contribution in [0.15, 0.2) is 70.6 Å². The first-order valence-corrected chi connectivity index (χ1v) is 10.3. The number of hydrogen-bond acceptors (Lipinski definition) is 2. The van der Waals surface area contributed by atoms with Gasteiger partial charge in [0.15, 0.2) is 0 Å². The molecule has 1 aliphatic rings. The molecule has 140 valence electrons. The number of unbranched alkanes of at least 4 members (excludes halogenated alkanes) is 1. The molecular formula is C23H25IN2S. The van der Waals surface area contributed by atoms with E-state index in [1.165, 1.54) is 45.1 Å². The molecule has 0 radical (unpaired) electrons. The molecule has 1 aromatic heterocycles. The fourth-order valence-corrected chi connectivity index (χ4v) is 4.76. The van der Waals surface area contributed by atoms with E-state index < -0.39 is 0 Å². The van der Waals surface area contributed by atoms with E-state index in [2.05, 4.69) is 90.1 Å². The van der Waals surface area contributed by atoms with Gasteiger partial charge < -0.3 is 28.9 Å². The zero-order valence-electron chi connectivity index (χ0n) is 15.9. The average Bonchev–Trinajstić information content (AvgIpc) is 3.04. The minimum absolute atomic E-state index is 0. The largest absolute Gasteiger partial charge is 1.00 e. The second-order valence-corrected chi connectivity index (χ2v) is 7.68. The summed E-state index contributed by atoms with van der Waals surface area (Å²) in [6, 6.07) is 21.9. The van der Waals surface area contributed by atoms with Crippen molar-refractivity contribution in [3.63, 3.8) is 0 Å². The summed E-state index contributed by atoms with van der Waals surface area (Å²) in [4.78, 5) is 3.76. The predicted molar refractivity (Wildman–Crippen MR) is 112 cm³/mol. The highest BCUT2D eigenvalue weighted by Crippen LogP contribution is 2.46. The van der Waals surface area contributed by atoms with Gasteiger partial charge in [-0.3, -0.25) is 0 Å². The Hall–Kier alpha value is -1.53. The lowest BCUT2D eigenvalue weighted by Crippen LogP contribution is -3.00. The van der Waals surface area contributed by atoms with Crippen LogP contribution in [0.1, 0.15) is 32.4 Å². The van der Waals surface area contributed by atoms with E-state index in [9.17, 15) is 0 Å². The van der Waals surface area contributed by atoms with Crippen molar-refractivity contribution in [2.75, 3.05) is 11.4 Å². The van der Waals surface area contributed by atoms with Gasteiger partial charge in [-0.15, -0.1) is 0 Å². The Morgan fingerprint density at radius 2 is 1.74 bits per heavy atom. The topological polar surface area (TPSA) is 7.12 Å². The maximum atomic E-state index is 2.48. The normalized spacial score (nSPS) is 14.4. The molecule has 2 aromatic carbocycles. The summed E-state index contributed by atoms with van der Waals surface area (Å²) >= 11 is 1.88. The Labute approximate surface area is 183 Å². The predicted octanol–water partition coefficient (Wildman–Crippen LogP) is 2.86. The number of aromatic nitrogens is 1. The van der Waals surface area contributed by atoms with Crippen LogP contribution in [0.2, 0.25) is 0 Å². The zero-order valence-corrected chi connectivity index (χ0v) is 18.8. The van der Waals surface area contributed by atoms with E-state index >= 15 is 0 Å². The van der Waals surface area contributed by atoms with Crippen LogP contribution in [-0.4, -0.2) is 6.54 Å². The molecule has 0 unspecified atom stereocenters. The van der Waals surface area contributed by atoms with Gasteiger partial charge in [0.1, 0.15) is 6.54 Å². The van der Waals surface area contributed by atoms with Crippen LogP contribution in [0.4, 0.5) is 5.69 Å². The van der Waals surface area contributed by atoms with Crippen molar-refractivity contribution >= 4 is 34.4 Å². The fourth-order valence-electron chi connectivity index (χ4n) is 3.58. The number of halogens is 1. The minimum atomic E-state index is 0. The van der Waals surface area contributed by atoms with Gasteiger partial charge in [0.2, 0.25) is 11.2 Å². The van der Waals surface area contributed by atoms with E-state index in [0.29, 0.717) is 0 Å². The van der Waals surface area contributed by atoms with E-state index in [4.69, 9.17) is 0 Å². The summed E-state index contributed by atoms with van der Waals surface area (Å²) in [7, 11) is 0. The third-order valence-corrected chi connectivity index (χ3v) is 6.04. The van der Waals surface area contributed by atoms with Crippen molar-refractivity contribution in [3.05, 3.63) is 71.4 Å². The average molecular weight is 488 g/mol. The van der Waals surface area contributed by atoms with E-state index in [1.807, 2.05) is 11.8 Å². The summed E-state index contributed by atoms with van der Waals surface area (Å²) in [5.41, 5.74) is 3.93. The van der Waals surface area contributed by atoms with Crippen LogP contribution in [0.5, 0.6) is 0 Å². The lowest BCUT2D eigenvalue weighted by atomic mass is 10.1. The van der Waals surface area contributed by atoms with Gasteiger partial charge in [0, 0.05) is 41.5 Å². The second kappa shape index (κ2) is 9.11. The van der Waals surface area contributed by atoms with Crippen LogP contribution in [0, 0.1) is 0 Å². The Bertz CT molecular complexity index is 968. The molecule has 0 saturated carbocycles. The van der Waals surface area contributed by atoms with E-state index in [0.717, 1.165) is 13.1 Å². The van der Waals surface area contributed by atoms with Crippen molar-refractivity contribution < 1.29 is 28.5 Å². The number of fused-ring (bicyclic) bond motifs is 2.